The first-order chi connectivity index (χ1) is 17.6. The molecule has 3 aromatic heterocycles. The molecule has 1 aliphatic carbocycles. The van der Waals surface area contributed by atoms with E-state index in [0.29, 0.717) is 53.2 Å². The molecule has 0 amide bonds. The molecule has 5 heterocycles. The normalized spacial score (nSPS) is 20.1. The standard InChI is InChI=1S/C26H23N7O3/c1-34-22-13-30-23-18(32-22)6-8-28-24(23)31-15-4-5-20-16(10-15)26(7-9-35-25(27)33-26)17-11-19(14-2-3-14)29-12-21(17)36-20/h4-6,8,10-14H,2-3,7,9H2,1H3,(H2,27,33)(H,28,31)/t26-/m0/s1. The number of benzene rings is 1. The number of ether oxygens (including phenoxy) is 3. The van der Waals surface area contributed by atoms with Crippen LogP contribution in [-0.4, -0.2) is 39.7 Å². The van der Waals surface area contributed by atoms with Gasteiger partial charge in [0.05, 0.1) is 31.6 Å². The van der Waals surface area contributed by atoms with E-state index in [4.69, 9.17) is 24.9 Å². The molecule has 0 bridgehead atoms. The molecule has 1 atom stereocenters. The maximum atomic E-state index is 6.30. The highest BCUT2D eigenvalue weighted by Gasteiger charge is 2.45. The number of hydrogen-bond donors (Lipinski definition) is 2. The molecule has 10 heteroatoms. The summed E-state index contributed by atoms with van der Waals surface area (Å²) in [6, 6.07) is 10.0. The fourth-order valence-corrected chi connectivity index (χ4v) is 4.97. The first-order valence-electron chi connectivity index (χ1n) is 11.9. The molecule has 36 heavy (non-hydrogen) atoms. The Kier molecular flexibility index (Phi) is 4.50. The van der Waals surface area contributed by atoms with Crippen molar-refractivity contribution >= 4 is 28.6 Å². The predicted octanol–water partition coefficient (Wildman–Crippen LogP) is 4.13. The second-order valence-corrected chi connectivity index (χ2v) is 9.17. The Bertz CT molecular complexity index is 1550. The number of nitrogens with one attached hydrogen (secondary N) is 1. The van der Waals surface area contributed by atoms with E-state index in [-0.39, 0.29) is 6.02 Å². The van der Waals surface area contributed by atoms with Crippen molar-refractivity contribution in [3.8, 4) is 17.4 Å². The molecule has 3 N–H and O–H groups in total. The van der Waals surface area contributed by atoms with Crippen molar-refractivity contribution in [2.24, 2.45) is 10.7 Å². The molecular weight excluding hydrogens is 458 g/mol. The summed E-state index contributed by atoms with van der Waals surface area (Å²) in [5.74, 6) is 2.94. The van der Waals surface area contributed by atoms with Crippen molar-refractivity contribution in [3.63, 3.8) is 0 Å². The summed E-state index contributed by atoms with van der Waals surface area (Å²) in [5.41, 5.74) is 10.5. The lowest BCUT2D eigenvalue weighted by Gasteiger charge is -2.39. The Morgan fingerprint density at radius 1 is 1.06 bits per heavy atom. The average Bonchev–Trinajstić information content (AvgIpc) is 3.75. The van der Waals surface area contributed by atoms with Gasteiger partial charge in [-0.2, -0.15) is 0 Å². The number of aliphatic imine (C=N–C) groups is 1. The molecule has 3 aliphatic rings. The zero-order valence-corrected chi connectivity index (χ0v) is 19.6. The summed E-state index contributed by atoms with van der Waals surface area (Å²) in [6.07, 6.45) is 8.03. The molecule has 7 rings (SSSR count). The lowest BCUT2D eigenvalue weighted by atomic mass is 9.77. The largest absolute Gasteiger partial charge is 0.480 e. The van der Waals surface area contributed by atoms with Gasteiger partial charge in [-0.25, -0.2) is 19.9 Å². The second kappa shape index (κ2) is 7.77. The number of pyridine rings is 2. The highest BCUT2D eigenvalue weighted by molar-refractivity contribution is 5.87. The number of nitrogens with zero attached hydrogens (tertiary/aromatic N) is 5. The van der Waals surface area contributed by atoms with E-state index in [1.54, 1.807) is 25.6 Å². The van der Waals surface area contributed by atoms with Crippen LogP contribution in [0, 0.1) is 0 Å². The van der Waals surface area contributed by atoms with Gasteiger partial charge in [0.1, 0.15) is 16.8 Å². The summed E-state index contributed by atoms with van der Waals surface area (Å²) < 4.78 is 17.0. The quantitative estimate of drug-likeness (QED) is 0.442. The number of anilines is 2. The van der Waals surface area contributed by atoms with Gasteiger partial charge in [0.15, 0.2) is 11.6 Å². The fraction of sp³-hybridized carbons (Fsp3) is 0.269. The number of methoxy groups -OCH3 is 1. The highest BCUT2D eigenvalue weighted by atomic mass is 16.5. The van der Waals surface area contributed by atoms with Gasteiger partial charge < -0.3 is 25.3 Å². The molecule has 1 spiro atoms. The first kappa shape index (κ1) is 20.9. The van der Waals surface area contributed by atoms with E-state index in [0.717, 1.165) is 35.3 Å². The maximum absolute atomic E-state index is 6.30. The number of hydrogen-bond acceptors (Lipinski definition) is 10. The Morgan fingerprint density at radius 3 is 2.78 bits per heavy atom. The third-order valence-electron chi connectivity index (χ3n) is 6.90. The zero-order valence-electron chi connectivity index (χ0n) is 19.6. The Hall–Kier alpha value is -4.47. The van der Waals surface area contributed by atoms with Crippen molar-refractivity contribution in [1.82, 2.24) is 19.9 Å². The summed E-state index contributed by atoms with van der Waals surface area (Å²) in [4.78, 5) is 23.0. The van der Waals surface area contributed by atoms with Gasteiger partial charge in [-0.05, 0) is 43.2 Å². The number of amidine groups is 1. The van der Waals surface area contributed by atoms with Gasteiger partial charge in [0.25, 0.3) is 6.02 Å². The van der Waals surface area contributed by atoms with Crippen molar-refractivity contribution in [1.29, 1.82) is 0 Å². The lowest BCUT2D eigenvalue weighted by Crippen LogP contribution is -2.38. The molecular formula is C26H23N7O3. The van der Waals surface area contributed by atoms with E-state index >= 15 is 0 Å². The molecule has 180 valence electrons. The molecule has 1 aromatic carbocycles. The lowest BCUT2D eigenvalue weighted by molar-refractivity contribution is 0.219. The highest BCUT2D eigenvalue weighted by Crippen LogP contribution is 2.53. The summed E-state index contributed by atoms with van der Waals surface area (Å²) in [5, 5.41) is 3.40. The minimum atomic E-state index is -0.727. The van der Waals surface area contributed by atoms with Gasteiger partial charge in [-0.3, -0.25) is 4.98 Å². The fourth-order valence-electron chi connectivity index (χ4n) is 4.97. The third-order valence-corrected chi connectivity index (χ3v) is 6.90. The van der Waals surface area contributed by atoms with E-state index in [9.17, 15) is 0 Å². The molecule has 2 aliphatic heterocycles. The summed E-state index contributed by atoms with van der Waals surface area (Å²) in [6.45, 7) is 0.454. The van der Waals surface area contributed by atoms with Crippen LogP contribution in [0.15, 0.2) is 53.9 Å². The molecule has 10 nitrogen and oxygen atoms in total. The van der Waals surface area contributed by atoms with E-state index in [1.165, 1.54) is 0 Å². The van der Waals surface area contributed by atoms with Gasteiger partial charge >= 0.3 is 0 Å². The van der Waals surface area contributed by atoms with Gasteiger partial charge in [-0.1, -0.05) is 0 Å². The summed E-state index contributed by atoms with van der Waals surface area (Å²) in [7, 11) is 1.56. The Labute approximate surface area is 206 Å². The minimum Gasteiger partial charge on any atom is -0.480 e. The van der Waals surface area contributed by atoms with Gasteiger partial charge in [-0.15, -0.1) is 0 Å². The number of rotatable bonds is 4. The Balaban J connectivity index is 1.34. The van der Waals surface area contributed by atoms with Crippen LogP contribution in [-0.2, 0) is 10.3 Å². The number of nitrogens with two attached hydrogens (primary N) is 1. The van der Waals surface area contributed by atoms with Crippen LogP contribution in [0.2, 0.25) is 0 Å². The zero-order chi connectivity index (χ0) is 24.3. The second-order valence-electron chi connectivity index (χ2n) is 9.17. The van der Waals surface area contributed by atoms with Crippen LogP contribution in [0.5, 0.6) is 17.4 Å². The van der Waals surface area contributed by atoms with Crippen LogP contribution in [0.1, 0.15) is 42.0 Å². The summed E-state index contributed by atoms with van der Waals surface area (Å²) >= 11 is 0. The van der Waals surface area contributed by atoms with Gasteiger partial charge in [0, 0.05) is 41.0 Å². The predicted molar refractivity (Wildman–Crippen MR) is 133 cm³/mol. The number of fused-ring (bicyclic) bond motifs is 5. The third kappa shape index (κ3) is 3.29. The van der Waals surface area contributed by atoms with E-state index in [1.807, 2.05) is 24.4 Å². The maximum Gasteiger partial charge on any atom is 0.283 e. The van der Waals surface area contributed by atoms with Crippen molar-refractivity contribution in [3.05, 3.63) is 65.7 Å². The first-order valence-corrected chi connectivity index (χ1v) is 11.9. The monoisotopic (exact) mass is 481 g/mol. The van der Waals surface area contributed by atoms with Crippen molar-refractivity contribution in [2.45, 2.75) is 30.7 Å². The topological polar surface area (TPSA) is 130 Å². The molecule has 0 radical (unpaired) electrons. The van der Waals surface area contributed by atoms with Crippen LogP contribution in [0.3, 0.4) is 0 Å². The SMILES string of the molecule is COc1cnc2c(Nc3ccc4c(c3)[C@@]3(CCOC(N)=N3)c3cc(C5CC5)ncc3O4)nccc2n1. The van der Waals surface area contributed by atoms with Crippen LogP contribution in [0.25, 0.3) is 11.0 Å². The Morgan fingerprint density at radius 2 is 1.94 bits per heavy atom. The molecule has 0 unspecified atom stereocenters. The molecule has 0 saturated heterocycles. The van der Waals surface area contributed by atoms with Crippen molar-refractivity contribution < 1.29 is 14.2 Å². The minimum absolute atomic E-state index is 0.170. The average molecular weight is 482 g/mol. The number of aromatic nitrogens is 4. The molecule has 1 saturated carbocycles. The van der Waals surface area contributed by atoms with E-state index < -0.39 is 5.54 Å². The molecule has 1 fully saturated rings. The van der Waals surface area contributed by atoms with E-state index in [2.05, 4.69) is 31.3 Å². The van der Waals surface area contributed by atoms with Crippen LogP contribution >= 0.6 is 0 Å². The van der Waals surface area contributed by atoms with Gasteiger partial charge in [0.2, 0.25) is 5.88 Å². The van der Waals surface area contributed by atoms with Crippen LogP contribution in [0.4, 0.5) is 11.5 Å². The smallest absolute Gasteiger partial charge is 0.283 e. The van der Waals surface area contributed by atoms with Crippen LogP contribution < -0.4 is 20.5 Å². The molecule has 4 aromatic rings. The van der Waals surface area contributed by atoms with Crippen molar-refractivity contribution in [2.75, 3.05) is 19.0 Å².